The summed E-state index contributed by atoms with van der Waals surface area (Å²) in [6, 6.07) is 16.1. The molecule has 4 heteroatoms. The van der Waals surface area contributed by atoms with Gasteiger partial charge in [0, 0.05) is 18.7 Å². The molecular weight excluding hydrogens is 288 g/mol. The minimum absolute atomic E-state index is 0.00511. The Morgan fingerprint density at radius 3 is 2.52 bits per heavy atom. The minimum Gasteiger partial charge on any atom is -0.496 e. The number of para-hydroxylation sites is 1. The zero-order valence-electron chi connectivity index (χ0n) is 14.0. The number of aryl methyl sites for hydroxylation is 1. The average Bonchev–Trinajstić information content (AvgIpc) is 2.55. The Labute approximate surface area is 138 Å². The van der Waals surface area contributed by atoms with Gasteiger partial charge >= 0.3 is 0 Å². The van der Waals surface area contributed by atoms with Crippen molar-refractivity contribution in [2.75, 3.05) is 20.7 Å². The smallest absolute Gasteiger partial charge is 0.234 e. The van der Waals surface area contributed by atoms with Gasteiger partial charge in [-0.2, -0.15) is 0 Å². The topological polar surface area (TPSA) is 41.6 Å². The van der Waals surface area contributed by atoms with Crippen LogP contribution in [0, 0.1) is 6.92 Å². The summed E-state index contributed by atoms with van der Waals surface area (Å²) in [5.74, 6) is 0.798. The molecule has 1 amide bonds. The summed E-state index contributed by atoms with van der Waals surface area (Å²) in [4.78, 5) is 14.1. The third kappa shape index (κ3) is 5.42. The van der Waals surface area contributed by atoms with Crippen molar-refractivity contribution in [3.63, 3.8) is 0 Å². The van der Waals surface area contributed by atoms with E-state index < -0.39 is 0 Å². The summed E-state index contributed by atoms with van der Waals surface area (Å²) in [5, 5.41) is 2.94. The van der Waals surface area contributed by atoms with Crippen LogP contribution >= 0.6 is 0 Å². The highest BCUT2D eigenvalue weighted by Gasteiger charge is 2.08. The highest BCUT2D eigenvalue weighted by atomic mass is 16.5. The Balaban J connectivity index is 1.81. The zero-order valence-corrected chi connectivity index (χ0v) is 14.0. The summed E-state index contributed by atoms with van der Waals surface area (Å²) in [6.07, 6.45) is 0. The van der Waals surface area contributed by atoms with Crippen LogP contribution in [0.25, 0.3) is 0 Å². The Bertz CT molecular complexity index is 638. The Morgan fingerprint density at radius 1 is 1.13 bits per heavy atom. The molecule has 0 aromatic heterocycles. The van der Waals surface area contributed by atoms with Crippen LogP contribution in [0.5, 0.6) is 5.75 Å². The SMILES string of the molecule is COc1ccccc1CNC(=O)CN(C)Cc1ccc(C)cc1. The van der Waals surface area contributed by atoms with Crippen molar-refractivity contribution in [1.82, 2.24) is 10.2 Å². The van der Waals surface area contributed by atoms with Gasteiger partial charge in [0.05, 0.1) is 13.7 Å². The Kier molecular flexibility index (Phi) is 6.18. The molecule has 1 N–H and O–H groups in total. The Morgan fingerprint density at radius 2 is 1.83 bits per heavy atom. The van der Waals surface area contributed by atoms with Crippen LogP contribution in [0.4, 0.5) is 0 Å². The van der Waals surface area contributed by atoms with Gasteiger partial charge < -0.3 is 10.1 Å². The predicted molar refractivity (Wildman–Crippen MR) is 92.4 cm³/mol. The number of ether oxygens (including phenoxy) is 1. The second-order valence-corrected chi connectivity index (χ2v) is 5.75. The number of amides is 1. The maximum Gasteiger partial charge on any atom is 0.234 e. The molecule has 0 saturated heterocycles. The van der Waals surface area contributed by atoms with Crippen molar-refractivity contribution >= 4 is 5.91 Å². The monoisotopic (exact) mass is 312 g/mol. The number of benzene rings is 2. The van der Waals surface area contributed by atoms with Crippen molar-refractivity contribution < 1.29 is 9.53 Å². The van der Waals surface area contributed by atoms with Crippen LogP contribution in [-0.2, 0) is 17.9 Å². The number of likely N-dealkylation sites (N-methyl/N-ethyl adjacent to an activating group) is 1. The first-order chi connectivity index (χ1) is 11.1. The maximum atomic E-state index is 12.1. The van der Waals surface area contributed by atoms with Gasteiger partial charge in [-0.05, 0) is 25.6 Å². The van der Waals surface area contributed by atoms with E-state index in [0.29, 0.717) is 13.1 Å². The highest BCUT2D eigenvalue weighted by molar-refractivity contribution is 5.78. The van der Waals surface area contributed by atoms with Gasteiger partial charge in [0.25, 0.3) is 0 Å². The summed E-state index contributed by atoms with van der Waals surface area (Å²) in [6.45, 7) is 3.66. The van der Waals surface area contributed by atoms with Gasteiger partial charge in [-0.15, -0.1) is 0 Å². The molecule has 2 aromatic rings. The normalized spacial score (nSPS) is 10.6. The quantitative estimate of drug-likeness (QED) is 0.855. The van der Waals surface area contributed by atoms with Crippen molar-refractivity contribution in [1.29, 1.82) is 0 Å². The summed E-state index contributed by atoms with van der Waals surface area (Å²) >= 11 is 0. The molecular formula is C19H24N2O2. The molecule has 0 bridgehead atoms. The molecule has 0 heterocycles. The van der Waals surface area contributed by atoms with Crippen LogP contribution in [0.3, 0.4) is 0 Å². The van der Waals surface area contributed by atoms with E-state index in [4.69, 9.17) is 4.74 Å². The van der Waals surface area contributed by atoms with E-state index in [1.807, 2.05) is 36.2 Å². The molecule has 122 valence electrons. The molecule has 0 unspecified atom stereocenters. The lowest BCUT2D eigenvalue weighted by atomic mass is 10.1. The molecule has 0 fully saturated rings. The van der Waals surface area contributed by atoms with Gasteiger partial charge in [0.15, 0.2) is 0 Å². The van der Waals surface area contributed by atoms with E-state index in [2.05, 4.69) is 36.5 Å². The zero-order chi connectivity index (χ0) is 16.7. The molecule has 2 rings (SSSR count). The molecule has 0 atom stereocenters. The molecule has 0 aliphatic heterocycles. The number of carbonyl (C=O) groups is 1. The third-order valence-corrected chi connectivity index (χ3v) is 3.66. The number of hydrogen-bond donors (Lipinski definition) is 1. The molecule has 0 radical (unpaired) electrons. The van der Waals surface area contributed by atoms with Crippen LogP contribution in [0.15, 0.2) is 48.5 Å². The lowest BCUT2D eigenvalue weighted by Gasteiger charge is -2.17. The minimum atomic E-state index is 0.00511. The van der Waals surface area contributed by atoms with Gasteiger partial charge in [-0.3, -0.25) is 9.69 Å². The third-order valence-electron chi connectivity index (χ3n) is 3.66. The van der Waals surface area contributed by atoms with Gasteiger partial charge in [-0.25, -0.2) is 0 Å². The first-order valence-electron chi connectivity index (χ1n) is 7.71. The van der Waals surface area contributed by atoms with Gasteiger partial charge in [0.2, 0.25) is 5.91 Å². The summed E-state index contributed by atoms with van der Waals surface area (Å²) in [5.41, 5.74) is 3.42. The first-order valence-corrected chi connectivity index (χ1v) is 7.71. The highest BCUT2D eigenvalue weighted by Crippen LogP contribution is 2.16. The number of hydrogen-bond acceptors (Lipinski definition) is 3. The molecule has 0 aliphatic carbocycles. The van der Waals surface area contributed by atoms with Crippen LogP contribution < -0.4 is 10.1 Å². The van der Waals surface area contributed by atoms with E-state index in [0.717, 1.165) is 17.9 Å². The second-order valence-electron chi connectivity index (χ2n) is 5.75. The van der Waals surface area contributed by atoms with E-state index >= 15 is 0 Å². The maximum absolute atomic E-state index is 12.1. The first kappa shape index (κ1) is 17.0. The van der Waals surface area contributed by atoms with Gasteiger partial charge in [0.1, 0.15) is 5.75 Å². The molecule has 2 aromatic carbocycles. The van der Waals surface area contributed by atoms with E-state index in [9.17, 15) is 4.79 Å². The number of methoxy groups -OCH3 is 1. The summed E-state index contributed by atoms with van der Waals surface area (Å²) in [7, 11) is 3.58. The molecule has 0 spiro atoms. The molecule has 0 saturated carbocycles. The average molecular weight is 312 g/mol. The lowest BCUT2D eigenvalue weighted by molar-refractivity contribution is -0.122. The standard InChI is InChI=1S/C19H24N2O2/c1-15-8-10-16(11-9-15)13-21(2)14-19(22)20-12-17-6-4-5-7-18(17)23-3/h4-11H,12-14H2,1-3H3,(H,20,22). The number of nitrogens with one attached hydrogen (secondary N) is 1. The van der Waals surface area contributed by atoms with Crippen LogP contribution in [-0.4, -0.2) is 31.5 Å². The van der Waals surface area contributed by atoms with Crippen molar-refractivity contribution in [2.24, 2.45) is 0 Å². The van der Waals surface area contributed by atoms with Crippen molar-refractivity contribution in [3.05, 3.63) is 65.2 Å². The fourth-order valence-electron chi connectivity index (χ4n) is 2.40. The largest absolute Gasteiger partial charge is 0.496 e. The van der Waals surface area contributed by atoms with E-state index in [-0.39, 0.29) is 5.91 Å². The predicted octanol–water partition coefficient (Wildman–Crippen LogP) is 2.75. The molecule has 0 aliphatic rings. The Hall–Kier alpha value is -2.33. The fourth-order valence-corrected chi connectivity index (χ4v) is 2.40. The second kappa shape index (κ2) is 8.34. The number of nitrogens with zero attached hydrogens (tertiary/aromatic N) is 1. The van der Waals surface area contributed by atoms with Crippen LogP contribution in [0.1, 0.15) is 16.7 Å². The van der Waals surface area contributed by atoms with Crippen molar-refractivity contribution in [3.8, 4) is 5.75 Å². The molecule has 4 nitrogen and oxygen atoms in total. The fraction of sp³-hybridized carbons (Fsp3) is 0.316. The van der Waals surface area contributed by atoms with Gasteiger partial charge in [-0.1, -0.05) is 48.0 Å². The lowest BCUT2D eigenvalue weighted by Crippen LogP contribution is -2.34. The number of rotatable bonds is 7. The molecule has 23 heavy (non-hydrogen) atoms. The summed E-state index contributed by atoms with van der Waals surface area (Å²) < 4.78 is 5.29. The van der Waals surface area contributed by atoms with E-state index in [1.54, 1.807) is 7.11 Å². The van der Waals surface area contributed by atoms with Crippen LogP contribution in [0.2, 0.25) is 0 Å². The van der Waals surface area contributed by atoms with E-state index in [1.165, 1.54) is 11.1 Å². The van der Waals surface area contributed by atoms with Crippen molar-refractivity contribution in [2.45, 2.75) is 20.0 Å². The number of carbonyl (C=O) groups excluding carboxylic acids is 1.